The van der Waals surface area contributed by atoms with Gasteiger partial charge in [-0.3, -0.25) is 4.79 Å². The molecule has 0 heterocycles. The van der Waals surface area contributed by atoms with Crippen LogP contribution in [0.15, 0.2) is 0 Å². The summed E-state index contributed by atoms with van der Waals surface area (Å²) >= 11 is 5.67. The number of hydrogen-bond acceptors (Lipinski definition) is 1. The molecule has 0 aromatic carbocycles. The molecular weight excluding hydrogens is 270 g/mol. The molecule has 0 aromatic heterocycles. The maximum absolute atomic E-state index is 12.4. The molecule has 118 valence electrons. The van der Waals surface area contributed by atoms with Crippen LogP contribution in [0, 0.1) is 11.8 Å². The number of amides is 1. The molecule has 0 bridgehead atoms. The van der Waals surface area contributed by atoms with Crippen molar-refractivity contribution in [2.45, 2.75) is 71.1 Å². The molecule has 0 radical (unpaired) electrons. The van der Waals surface area contributed by atoms with E-state index in [-0.39, 0.29) is 0 Å². The fraction of sp³-hybridized carbons (Fsp3) is 0.941. The Morgan fingerprint density at radius 1 is 1.10 bits per heavy atom. The predicted molar refractivity (Wildman–Crippen MR) is 87.2 cm³/mol. The van der Waals surface area contributed by atoms with Gasteiger partial charge in [0.2, 0.25) is 5.91 Å². The summed E-state index contributed by atoms with van der Waals surface area (Å²) in [5.74, 6) is 2.29. The lowest BCUT2D eigenvalue weighted by molar-refractivity contribution is -0.135. The molecule has 0 saturated heterocycles. The van der Waals surface area contributed by atoms with Crippen LogP contribution in [0.5, 0.6) is 0 Å². The summed E-state index contributed by atoms with van der Waals surface area (Å²) in [5.41, 5.74) is 0. The Kier molecular flexibility index (Phi) is 9.33. The van der Waals surface area contributed by atoms with Gasteiger partial charge in [0.05, 0.1) is 0 Å². The van der Waals surface area contributed by atoms with Crippen molar-refractivity contribution in [3.8, 4) is 0 Å². The smallest absolute Gasteiger partial charge is 0.225 e. The summed E-state index contributed by atoms with van der Waals surface area (Å²) in [4.78, 5) is 14.3. The van der Waals surface area contributed by atoms with Crippen molar-refractivity contribution in [3.63, 3.8) is 0 Å². The Morgan fingerprint density at radius 2 is 1.80 bits per heavy atom. The summed E-state index contributed by atoms with van der Waals surface area (Å²) < 4.78 is 0. The highest BCUT2D eigenvalue weighted by molar-refractivity contribution is 6.17. The van der Waals surface area contributed by atoms with Crippen LogP contribution in [0.4, 0.5) is 0 Å². The van der Waals surface area contributed by atoms with Gasteiger partial charge in [-0.05, 0) is 44.4 Å². The molecular formula is C17H32ClNO. The van der Waals surface area contributed by atoms with Gasteiger partial charge in [0, 0.05) is 25.4 Å². The summed E-state index contributed by atoms with van der Waals surface area (Å²) in [6, 6.07) is 0. The maximum Gasteiger partial charge on any atom is 0.225 e. The van der Waals surface area contributed by atoms with Crippen LogP contribution in [0.1, 0.15) is 71.1 Å². The van der Waals surface area contributed by atoms with Crippen LogP contribution in [0.2, 0.25) is 0 Å². The van der Waals surface area contributed by atoms with Crippen molar-refractivity contribution in [1.29, 1.82) is 0 Å². The Labute approximate surface area is 130 Å². The van der Waals surface area contributed by atoms with Gasteiger partial charge in [-0.15, -0.1) is 11.6 Å². The van der Waals surface area contributed by atoms with Crippen molar-refractivity contribution in [3.05, 3.63) is 0 Å². The SMILES string of the molecule is CCCCC1CCC(C(=O)N(C)CCCCCCl)CC1. The average Bonchev–Trinajstić information content (AvgIpc) is 2.49. The van der Waals surface area contributed by atoms with Gasteiger partial charge in [0.1, 0.15) is 0 Å². The van der Waals surface area contributed by atoms with Crippen molar-refractivity contribution in [1.82, 2.24) is 4.90 Å². The Morgan fingerprint density at radius 3 is 2.40 bits per heavy atom. The fourth-order valence-electron chi connectivity index (χ4n) is 3.23. The van der Waals surface area contributed by atoms with Crippen LogP contribution in [-0.2, 0) is 4.79 Å². The highest BCUT2D eigenvalue weighted by Crippen LogP contribution is 2.32. The van der Waals surface area contributed by atoms with Crippen molar-refractivity contribution in [2.75, 3.05) is 19.5 Å². The van der Waals surface area contributed by atoms with E-state index in [0.717, 1.165) is 50.4 Å². The number of nitrogens with zero attached hydrogens (tertiary/aromatic N) is 1. The summed E-state index contributed by atoms with van der Waals surface area (Å²) in [6.45, 7) is 3.15. The molecule has 20 heavy (non-hydrogen) atoms. The molecule has 0 spiro atoms. The lowest BCUT2D eigenvalue weighted by atomic mass is 9.79. The number of rotatable bonds is 9. The van der Waals surface area contributed by atoms with Gasteiger partial charge in [0.25, 0.3) is 0 Å². The summed E-state index contributed by atoms with van der Waals surface area (Å²) in [6.07, 6.45) is 12.0. The first-order valence-electron chi connectivity index (χ1n) is 8.50. The molecule has 0 unspecified atom stereocenters. The topological polar surface area (TPSA) is 20.3 Å². The highest BCUT2D eigenvalue weighted by atomic mass is 35.5. The number of unbranched alkanes of at least 4 members (excludes halogenated alkanes) is 3. The monoisotopic (exact) mass is 301 g/mol. The van der Waals surface area contributed by atoms with E-state index in [1.54, 1.807) is 0 Å². The zero-order chi connectivity index (χ0) is 14.8. The number of halogens is 1. The van der Waals surface area contributed by atoms with Gasteiger partial charge in [-0.2, -0.15) is 0 Å². The first-order valence-corrected chi connectivity index (χ1v) is 9.03. The molecule has 0 aromatic rings. The first-order chi connectivity index (χ1) is 9.69. The van der Waals surface area contributed by atoms with Crippen LogP contribution >= 0.6 is 11.6 Å². The minimum atomic E-state index is 0.297. The van der Waals surface area contributed by atoms with Crippen LogP contribution in [-0.4, -0.2) is 30.3 Å². The van der Waals surface area contributed by atoms with E-state index in [1.165, 1.54) is 32.1 Å². The number of carbonyl (C=O) groups is 1. The second-order valence-corrected chi connectivity index (χ2v) is 6.75. The number of carbonyl (C=O) groups excluding carboxylic acids is 1. The standard InChI is InChI=1S/C17H32ClNO/c1-3-4-8-15-9-11-16(12-10-15)17(20)19(2)14-7-5-6-13-18/h15-16H,3-14H2,1-2H3. The molecule has 0 atom stereocenters. The molecule has 3 heteroatoms. The second-order valence-electron chi connectivity index (χ2n) is 6.37. The molecule has 1 fully saturated rings. The minimum Gasteiger partial charge on any atom is -0.346 e. The molecule has 1 aliphatic rings. The van der Waals surface area contributed by atoms with E-state index in [9.17, 15) is 4.79 Å². The molecule has 1 rings (SSSR count). The van der Waals surface area contributed by atoms with Gasteiger partial charge >= 0.3 is 0 Å². The quantitative estimate of drug-likeness (QED) is 0.440. The Bertz CT molecular complexity index is 262. The number of alkyl halides is 1. The Hall–Kier alpha value is -0.240. The lowest BCUT2D eigenvalue weighted by Gasteiger charge is -2.30. The Balaban J connectivity index is 2.20. The van der Waals surface area contributed by atoms with E-state index in [0.29, 0.717) is 11.8 Å². The van der Waals surface area contributed by atoms with E-state index >= 15 is 0 Å². The van der Waals surface area contributed by atoms with Gasteiger partial charge in [-0.25, -0.2) is 0 Å². The van der Waals surface area contributed by atoms with Gasteiger partial charge in [-0.1, -0.05) is 32.6 Å². The van der Waals surface area contributed by atoms with E-state index in [1.807, 2.05) is 11.9 Å². The molecule has 0 aliphatic heterocycles. The maximum atomic E-state index is 12.4. The summed E-state index contributed by atoms with van der Waals surface area (Å²) in [5, 5.41) is 0. The normalized spacial score (nSPS) is 22.8. The van der Waals surface area contributed by atoms with Gasteiger partial charge in [0.15, 0.2) is 0 Å². The van der Waals surface area contributed by atoms with Gasteiger partial charge < -0.3 is 4.90 Å². The summed E-state index contributed by atoms with van der Waals surface area (Å²) in [7, 11) is 1.96. The second kappa shape index (κ2) is 10.5. The molecule has 1 saturated carbocycles. The van der Waals surface area contributed by atoms with E-state index < -0.39 is 0 Å². The van der Waals surface area contributed by atoms with E-state index in [2.05, 4.69) is 6.92 Å². The van der Waals surface area contributed by atoms with E-state index in [4.69, 9.17) is 11.6 Å². The third-order valence-electron chi connectivity index (χ3n) is 4.67. The molecule has 0 N–H and O–H groups in total. The zero-order valence-corrected chi connectivity index (χ0v) is 14.1. The largest absolute Gasteiger partial charge is 0.346 e. The fourth-order valence-corrected chi connectivity index (χ4v) is 3.42. The first kappa shape index (κ1) is 17.8. The molecule has 1 amide bonds. The minimum absolute atomic E-state index is 0.297. The van der Waals surface area contributed by atoms with Crippen LogP contribution in [0.3, 0.4) is 0 Å². The average molecular weight is 302 g/mol. The predicted octanol–water partition coefficient (Wildman–Crippen LogP) is 4.85. The van der Waals surface area contributed by atoms with Crippen molar-refractivity contribution in [2.24, 2.45) is 11.8 Å². The van der Waals surface area contributed by atoms with Crippen molar-refractivity contribution >= 4 is 17.5 Å². The third-order valence-corrected chi connectivity index (χ3v) is 4.93. The molecule has 2 nitrogen and oxygen atoms in total. The van der Waals surface area contributed by atoms with Crippen molar-refractivity contribution < 1.29 is 4.79 Å². The molecule has 1 aliphatic carbocycles. The third kappa shape index (κ3) is 6.47. The van der Waals surface area contributed by atoms with Crippen LogP contribution < -0.4 is 0 Å². The lowest BCUT2D eigenvalue weighted by Crippen LogP contribution is -2.35. The van der Waals surface area contributed by atoms with Crippen LogP contribution in [0.25, 0.3) is 0 Å². The highest BCUT2D eigenvalue weighted by Gasteiger charge is 2.27. The number of hydrogen-bond donors (Lipinski definition) is 0. The zero-order valence-electron chi connectivity index (χ0n) is 13.4.